The highest BCUT2D eigenvalue weighted by atomic mass is 32.1. The van der Waals surface area contributed by atoms with Crippen LogP contribution in [0.4, 0.5) is 0 Å². The predicted octanol–water partition coefficient (Wildman–Crippen LogP) is 5.68. The van der Waals surface area contributed by atoms with Gasteiger partial charge >= 0.3 is 0 Å². The Hall–Kier alpha value is -3.67. The van der Waals surface area contributed by atoms with Crippen LogP contribution in [0.15, 0.2) is 53.7 Å². The molecule has 1 amide bonds. The Balaban J connectivity index is 1.22. The Kier molecular flexibility index (Phi) is 8.30. The number of aromatic nitrogens is 2. The molecule has 0 bridgehead atoms. The molecule has 0 radical (unpaired) electrons. The molecule has 39 heavy (non-hydrogen) atoms. The third-order valence-corrected chi connectivity index (χ3v) is 8.33. The van der Waals surface area contributed by atoms with Gasteiger partial charge in [-0.3, -0.25) is 14.2 Å². The lowest BCUT2D eigenvalue weighted by molar-refractivity contribution is 0.0952. The second-order valence-electron chi connectivity index (χ2n) is 9.89. The zero-order valence-electron chi connectivity index (χ0n) is 22.7. The van der Waals surface area contributed by atoms with E-state index in [4.69, 9.17) is 16.1 Å². The number of carbonyl (C=O) groups excluding carboxylic acids is 1. The third kappa shape index (κ3) is 6.32. The number of nitrogens with one attached hydrogen (secondary N) is 1. The number of nitrogens with zero attached hydrogens (tertiary/aromatic N) is 4. The molecule has 3 heterocycles. The zero-order chi connectivity index (χ0) is 27.2. The molecule has 0 fully saturated rings. The largest absolute Gasteiger partial charge is 0.493 e. The standard InChI is InChI=1S/C31H35N5O2S/c1-4-7-14-31(22-33-31)15-18-38-25-11-8-10-23(19-25)26-21-36-27-13-12-24(20-28(27)39-30(36)34-26)29(37)32-16-9-17-35(5-2)6-3/h1,8,10-13,19-22H,5-7,9,14-18H2,2-3H3,(H,32,37). The van der Waals surface area contributed by atoms with Crippen LogP contribution < -0.4 is 10.1 Å². The summed E-state index contributed by atoms with van der Waals surface area (Å²) in [5.41, 5.74) is 3.52. The summed E-state index contributed by atoms with van der Waals surface area (Å²) in [4.78, 5) is 25.3. The van der Waals surface area contributed by atoms with Crippen molar-refractivity contribution in [2.24, 2.45) is 4.99 Å². The van der Waals surface area contributed by atoms with Crippen molar-refractivity contribution in [1.82, 2.24) is 19.6 Å². The number of aliphatic imine (C=N–C) groups is 1. The fourth-order valence-corrected chi connectivity index (χ4v) is 5.83. The normalized spacial score (nSPS) is 16.2. The van der Waals surface area contributed by atoms with Gasteiger partial charge in [0, 0.05) is 42.9 Å². The lowest BCUT2D eigenvalue weighted by atomic mass is 9.99. The number of terminal acetylenes is 1. The molecule has 202 valence electrons. The van der Waals surface area contributed by atoms with Gasteiger partial charge in [-0.1, -0.05) is 37.3 Å². The summed E-state index contributed by atoms with van der Waals surface area (Å²) < 4.78 is 9.17. The number of ether oxygens (including phenoxy) is 1. The first-order valence-corrected chi connectivity index (χ1v) is 14.5. The summed E-state index contributed by atoms with van der Waals surface area (Å²) in [5.74, 6) is 3.47. The van der Waals surface area contributed by atoms with E-state index in [1.807, 2.05) is 54.9 Å². The molecule has 7 nitrogen and oxygen atoms in total. The van der Waals surface area contributed by atoms with Crippen LogP contribution in [0.2, 0.25) is 0 Å². The summed E-state index contributed by atoms with van der Waals surface area (Å²) in [6, 6.07) is 13.9. The second kappa shape index (κ2) is 12.0. The molecule has 5 rings (SSSR count). The van der Waals surface area contributed by atoms with Crippen LogP contribution in [0.5, 0.6) is 5.75 Å². The van der Waals surface area contributed by atoms with Crippen LogP contribution in [-0.4, -0.2) is 64.7 Å². The van der Waals surface area contributed by atoms with Crippen molar-refractivity contribution in [3.63, 3.8) is 0 Å². The molecule has 0 saturated heterocycles. The molecule has 1 unspecified atom stereocenters. The van der Waals surface area contributed by atoms with E-state index < -0.39 is 0 Å². The molecular formula is C31H35N5O2S. The van der Waals surface area contributed by atoms with Gasteiger partial charge in [-0.25, -0.2) is 4.98 Å². The Morgan fingerprint density at radius 2 is 2.05 bits per heavy atom. The molecule has 1 atom stereocenters. The topological polar surface area (TPSA) is 71.2 Å². The highest BCUT2D eigenvalue weighted by molar-refractivity contribution is 7.23. The number of imidazole rings is 1. The first kappa shape index (κ1) is 26.9. The number of rotatable bonds is 14. The summed E-state index contributed by atoms with van der Waals surface area (Å²) in [7, 11) is 0. The molecule has 0 saturated carbocycles. The average molecular weight is 542 g/mol. The zero-order valence-corrected chi connectivity index (χ0v) is 23.5. The number of hydrogen-bond donors (Lipinski definition) is 1. The highest BCUT2D eigenvalue weighted by Gasteiger charge is 2.35. The highest BCUT2D eigenvalue weighted by Crippen LogP contribution is 2.32. The summed E-state index contributed by atoms with van der Waals surface area (Å²) in [6.07, 6.45) is 12.8. The fraction of sp³-hybridized carbons (Fsp3) is 0.387. The number of fused-ring (bicyclic) bond motifs is 3. The van der Waals surface area contributed by atoms with Gasteiger partial charge in [-0.15, -0.1) is 12.3 Å². The smallest absolute Gasteiger partial charge is 0.251 e. The Morgan fingerprint density at radius 1 is 1.21 bits per heavy atom. The van der Waals surface area contributed by atoms with Crippen LogP contribution >= 0.6 is 11.3 Å². The summed E-state index contributed by atoms with van der Waals surface area (Å²) >= 11 is 1.59. The van der Waals surface area contributed by atoms with Gasteiger partial charge in [0.1, 0.15) is 5.75 Å². The third-order valence-electron chi connectivity index (χ3n) is 7.32. The van der Waals surface area contributed by atoms with E-state index in [0.29, 0.717) is 18.7 Å². The van der Waals surface area contributed by atoms with Crippen molar-refractivity contribution in [2.45, 2.75) is 45.1 Å². The van der Waals surface area contributed by atoms with Gasteiger partial charge in [0.25, 0.3) is 5.91 Å². The molecule has 2 aromatic heterocycles. The van der Waals surface area contributed by atoms with Gasteiger partial charge in [0.2, 0.25) is 0 Å². The van der Waals surface area contributed by atoms with E-state index in [9.17, 15) is 4.79 Å². The number of carbonyl (C=O) groups is 1. The van der Waals surface area contributed by atoms with Gasteiger partial charge < -0.3 is 15.0 Å². The molecule has 1 aliphatic heterocycles. The van der Waals surface area contributed by atoms with Gasteiger partial charge in [-0.2, -0.15) is 0 Å². The van der Waals surface area contributed by atoms with Crippen molar-refractivity contribution < 1.29 is 9.53 Å². The molecule has 2 aromatic carbocycles. The summed E-state index contributed by atoms with van der Waals surface area (Å²) in [6.45, 7) is 8.65. The summed E-state index contributed by atoms with van der Waals surface area (Å²) in [5, 5.41) is 3.06. The number of amides is 1. The minimum Gasteiger partial charge on any atom is -0.493 e. The van der Waals surface area contributed by atoms with Crippen molar-refractivity contribution in [3.8, 4) is 29.4 Å². The average Bonchev–Trinajstić information content (AvgIpc) is 3.46. The monoisotopic (exact) mass is 541 g/mol. The molecule has 0 spiro atoms. The Bertz CT molecular complexity index is 1520. The van der Waals surface area contributed by atoms with E-state index in [1.165, 1.54) is 0 Å². The van der Waals surface area contributed by atoms with Crippen molar-refractivity contribution in [1.29, 1.82) is 0 Å². The van der Waals surface area contributed by atoms with Crippen molar-refractivity contribution in [2.75, 3.05) is 32.8 Å². The second-order valence-corrected chi connectivity index (χ2v) is 10.9. The number of hydrogen-bond acceptors (Lipinski definition) is 6. The van der Waals surface area contributed by atoms with E-state index in [1.54, 1.807) is 11.3 Å². The first-order chi connectivity index (χ1) is 19.0. The van der Waals surface area contributed by atoms with Gasteiger partial charge in [0.15, 0.2) is 4.96 Å². The lowest BCUT2D eigenvalue weighted by Crippen LogP contribution is -2.29. The van der Waals surface area contributed by atoms with E-state index >= 15 is 0 Å². The Morgan fingerprint density at radius 3 is 2.82 bits per heavy atom. The number of benzene rings is 2. The fourth-order valence-electron chi connectivity index (χ4n) is 4.78. The van der Waals surface area contributed by atoms with Crippen LogP contribution in [0, 0.1) is 12.3 Å². The van der Waals surface area contributed by atoms with E-state index in [2.05, 4.69) is 39.4 Å². The van der Waals surface area contributed by atoms with Crippen LogP contribution in [-0.2, 0) is 0 Å². The Labute approximate surface area is 233 Å². The van der Waals surface area contributed by atoms with Crippen LogP contribution in [0.25, 0.3) is 26.4 Å². The van der Waals surface area contributed by atoms with E-state index in [0.717, 1.165) is 77.5 Å². The molecule has 4 aromatic rings. The van der Waals surface area contributed by atoms with Gasteiger partial charge in [-0.05, 0) is 62.8 Å². The predicted molar refractivity (Wildman–Crippen MR) is 160 cm³/mol. The van der Waals surface area contributed by atoms with Crippen LogP contribution in [0.3, 0.4) is 0 Å². The maximum atomic E-state index is 12.7. The number of thiazole rings is 1. The van der Waals surface area contributed by atoms with Gasteiger partial charge in [0.05, 0.1) is 28.1 Å². The van der Waals surface area contributed by atoms with Crippen molar-refractivity contribution in [3.05, 3.63) is 54.2 Å². The maximum Gasteiger partial charge on any atom is 0.251 e. The van der Waals surface area contributed by atoms with E-state index in [-0.39, 0.29) is 11.4 Å². The SMILES string of the molecule is C#CCCC1(CCOc2cccc(-c3cn4c(n3)sc3cc(C(=O)NCCCN(CC)CC)ccc34)c2)C=N1. The maximum absolute atomic E-state index is 12.7. The minimum absolute atomic E-state index is 0.0322. The lowest BCUT2D eigenvalue weighted by Gasteiger charge is -2.17. The van der Waals surface area contributed by atoms with Crippen molar-refractivity contribution >= 4 is 38.6 Å². The molecule has 1 N–H and O–H groups in total. The minimum atomic E-state index is -0.0922. The molecule has 1 aliphatic rings. The quantitative estimate of drug-likeness (QED) is 0.165. The molecule has 0 aliphatic carbocycles. The van der Waals surface area contributed by atoms with Crippen LogP contribution in [0.1, 0.15) is 49.9 Å². The first-order valence-electron chi connectivity index (χ1n) is 13.7. The molecular weight excluding hydrogens is 506 g/mol. The molecule has 8 heteroatoms.